The fourth-order valence-corrected chi connectivity index (χ4v) is 4.95. The van der Waals surface area contributed by atoms with Gasteiger partial charge in [-0.3, -0.25) is 4.98 Å². The molecule has 0 aliphatic heterocycles. The minimum absolute atomic E-state index is 0.207. The normalized spacial score (nSPS) is 19.4. The second kappa shape index (κ2) is 6.89. The van der Waals surface area contributed by atoms with Crippen molar-refractivity contribution in [2.45, 2.75) is 38.1 Å². The lowest BCUT2D eigenvalue weighted by Gasteiger charge is -2.25. The third-order valence-corrected chi connectivity index (χ3v) is 6.38. The minimum atomic E-state index is -0.207. The first kappa shape index (κ1) is 16.2. The zero-order valence-electron chi connectivity index (χ0n) is 14.2. The van der Waals surface area contributed by atoms with E-state index in [0.29, 0.717) is 5.92 Å². The Morgan fingerprint density at radius 3 is 2.56 bits per heavy atom. The van der Waals surface area contributed by atoms with Crippen LogP contribution in [0.3, 0.4) is 0 Å². The van der Waals surface area contributed by atoms with Gasteiger partial charge in [-0.05, 0) is 59.7 Å². The molecule has 2 unspecified atom stereocenters. The van der Waals surface area contributed by atoms with E-state index in [1.165, 1.54) is 21.6 Å². The lowest BCUT2D eigenvalue weighted by Crippen LogP contribution is -2.11. The average molecular weight is 348 g/mol. The largest absolute Gasteiger partial charge is 0.265 e. The molecule has 2 atom stereocenters. The number of aryl methyl sites for hydroxylation is 1. The molecule has 0 saturated carbocycles. The first-order chi connectivity index (χ1) is 12.3. The van der Waals surface area contributed by atoms with Crippen LogP contribution in [0.2, 0.25) is 0 Å². The van der Waals surface area contributed by atoms with Gasteiger partial charge in [0.05, 0.1) is 0 Å². The van der Waals surface area contributed by atoms with Crippen molar-refractivity contribution in [2.24, 2.45) is 5.18 Å². The summed E-state index contributed by atoms with van der Waals surface area (Å²) in [6.07, 6.45) is 6.47. The number of fused-ring (bicyclic) bond motifs is 1. The molecule has 2 heterocycles. The van der Waals surface area contributed by atoms with E-state index in [4.69, 9.17) is 0 Å². The van der Waals surface area contributed by atoms with Crippen molar-refractivity contribution in [3.8, 4) is 10.4 Å². The molecule has 3 aromatic rings. The molecule has 126 valence electrons. The van der Waals surface area contributed by atoms with Gasteiger partial charge in [0.2, 0.25) is 0 Å². The highest BCUT2D eigenvalue weighted by Crippen LogP contribution is 2.48. The predicted octanol–water partition coefficient (Wildman–Crippen LogP) is 6.11. The van der Waals surface area contributed by atoms with E-state index in [-0.39, 0.29) is 6.04 Å². The molecule has 0 bridgehead atoms. The van der Waals surface area contributed by atoms with Gasteiger partial charge in [0.15, 0.2) is 0 Å². The van der Waals surface area contributed by atoms with Crippen LogP contribution in [0.5, 0.6) is 0 Å². The first-order valence-corrected chi connectivity index (χ1v) is 9.57. The van der Waals surface area contributed by atoms with Gasteiger partial charge in [-0.15, -0.1) is 11.3 Å². The average Bonchev–Trinajstić information content (AvgIpc) is 3.13. The smallest absolute Gasteiger partial charge is 0.126 e. The van der Waals surface area contributed by atoms with Crippen molar-refractivity contribution in [3.63, 3.8) is 0 Å². The van der Waals surface area contributed by atoms with E-state index in [1.54, 1.807) is 11.3 Å². The molecule has 2 aromatic heterocycles. The fourth-order valence-electron chi connectivity index (χ4n) is 3.65. The number of benzene rings is 1. The molecule has 4 rings (SSSR count). The Morgan fingerprint density at radius 1 is 1.12 bits per heavy atom. The lowest BCUT2D eigenvalue weighted by molar-refractivity contribution is 0.539. The van der Waals surface area contributed by atoms with Crippen LogP contribution >= 0.6 is 11.3 Å². The van der Waals surface area contributed by atoms with Crippen LogP contribution in [0.4, 0.5) is 0 Å². The number of rotatable bonds is 4. The van der Waals surface area contributed by atoms with Crippen molar-refractivity contribution in [2.75, 3.05) is 0 Å². The second-order valence-electron chi connectivity index (χ2n) is 6.51. The third kappa shape index (κ3) is 3.02. The molecule has 3 nitrogen and oxygen atoms in total. The molecule has 0 N–H and O–H groups in total. The molecular weight excluding hydrogens is 328 g/mol. The molecule has 1 aliphatic carbocycles. The van der Waals surface area contributed by atoms with Gasteiger partial charge < -0.3 is 0 Å². The van der Waals surface area contributed by atoms with Gasteiger partial charge in [-0.1, -0.05) is 36.4 Å². The van der Waals surface area contributed by atoms with Crippen molar-refractivity contribution in [3.05, 3.63) is 81.3 Å². The number of hydrogen-bond donors (Lipinski definition) is 0. The highest BCUT2D eigenvalue weighted by molar-refractivity contribution is 7.15. The highest BCUT2D eigenvalue weighted by atomic mass is 32.1. The number of thiophene rings is 1. The first-order valence-electron chi connectivity index (χ1n) is 8.75. The number of nitrogens with zero attached hydrogens (tertiary/aromatic N) is 2. The van der Waals surface area contributed by atoms with Crippen LogP contribution < -0.4 is 0 Å². The van der Waals surface area contributed by atoms with E-state index in [1.807, 2.05) is 24.5 Å². The van der Waals surface area contributed by atoms with E-state index >= 15 is 0 Å². The monoisotopic (exact) mass is 348 g/mol. The third-order valence-electron chi connectivity index (χ3n) is 5.08. The quantitative estimate of drug-likeness (QED) is 0.534. The van der Waals surface area contributed by atoms with Crippen LogP contribution in [0.1, 0.15) is 53.3 Å². The Labute approximate surface area is 151 Å². The summed E-state index contributed by atoms with van der Waals surface area (Å²) in [4.78, 5) is 17.8. The summed E-state index contributed by atoms with van der Waals surface area (Å²) in [5.74, 6) is 0.353. The van der Waals surface area contributed by atoms with Gasteiger partial charge in [-0.2, -0.15) is 4.91 Å². The molecule has 1 aromatic carbocycles. The Bertz CT molecular complexity index is 871. The summed E-state index contributed by atoms with van der Waals surface area (Å²) in [6.45, 7) is 2.17. The summed E-state index contributed by atoms with van der Waals surface area (Å²) >= 11 is 1.71. The Kier molecular flexibility index (Phi) is 4.45. The molecule has 1 aliphatic rings. The maximum absolute atomic E-state index is 11.3. The van der Waals surface area contributed by atoms with Crippen molar-refractivity contribution in [1.29, 1.82) is 0 Å². The molecule has 25 heavy (non-hydrogen) atoms. The van der Waals surface area contributed by atoms with E-state index in [2.05, 4.69) is 47.4 Å². The summed E-state index contributed by atoms with van der Waals surface area (Å²) in [6, 6.07) is 15.0. The van der Waals surface area contributed by atoms with Gasteiger partial charge >= 0.3 is 0 Å². The Morgan fingerprint density at radius 2 is 1.88 bits per heavy atom. The number of aromatic nitrogens is 1. The maximum atomic E-state index is 11.3. The molecule has 4 heteroatoms. The van der Waals surface area contributed by atoms with Crippen LogP contribution in [0, 0.1) is 4.91 Å². The summed E-state index contributed by atoms with van der Waals surface area (Å²) in [7, 11) is 0. The van der Waals surface area contributed by atoms with E-state index in [9.17, 15) is 4.91 Å². The molecular formula is C21H20N2OS. The molecule has 0 spiro atoms. The van der Waals surface area contributed by atoms with Gasteiger partial charge in [0.1, 0.15) is 6.04 Å². The second-order valence-corrected chi connectivity index (χ2v) is 7.60. The van der Waals surface area contributed by atoms with Crippen LogP contribution in [0.15, 0.2) is 60.0 Å². The summed E-state index contributed by atoms with van der Waals surface area (Å²) in [5, 5.41) is 3.40. The predicted molar refractivity (Wildman–Crippen MR) is 103 cm³/mol. The molecule has 0 amide bonds. The molecule has 0 saturated heterocycles. The SMILES string of the molecule is CCc1ccc(C2CCC(N=O)c3sc(-c4ccncc4)cc32)cc1. The van der Waals surface area contributed by atoms with Crippen LogP contribution in [-0.2, 0) is 6.42 Å². The van der Waals surface area contributed by atoms with Crippen molar-refractivity contribution >= 4 is 11.3 Å². The number of nitroso groups, excluding NO2 is 1. The Balaban J connectivity index is 1.77. The van der Waals surface area contributed by atoms with E-state index in [0.717, 1.165) is 29.7 Å². The highest BCUT2D eigenvalue weighted by Gasteiger charge is 2.31. The maximum Gasteiger partial charge on any atom is 0.126 e. The summed E-state index contributed by atoms with van der Waals surface area (Å²) < 4.78 is 0. The topological polar surface area (TPSA) is 42.3 Å². The van der Waals surface area contributed by atoms with Crippen molar-refractivity contribution in [1.82, 2.24) is 4.98 Å². The molecule has 0 fully saturated rings. The molecule has 0 radical (unpaired) electrons. The van der Waals surface area contributed by atoms with Crippen LogP contribution in [0.25, 0.3) is 10.4 Å². The van der Waals surface area contributed by atoms with Gasteiger partial charge in [0.25, 0.3) is 0 Å². The van der Waals surface area contributed by atoms with Crippen molar-refractivity contribution < 1.29 is 0 Å². The number of pyridine rings is 1. The lowest BCUT2D eigenvalue weighted by atomic mass is 9.80. The van der Waals surface area contributed by atoms with Gasteiger partial charge in [-0.25, -0.2) is 0 Å². The Hall–Kier alpha value is -2.33. The van der Waals surface area contributed by atoms with Crippen LogP contribution in [-0.4, -0.2) is 4.98 Å². The van der Waals surface area contributed by atoms with Gasteiger partial charge in [0, 0.05) is 28.1 Å². The fraction of sp³-hybridized carbons (Fsp3) is 0.286. The summed E-state index contributed by atoms with van der Waals surface area (Å²) in [5.41, 5.74) is 5.12. The number of hydrogen-bond acceptors (Lipinski definition) is 4. The zero-order valence-corrected chi connectivity index (χ0v) is 15.0. The zero-order chi connectivity index (χ0) is 17.2. The van der Waals surface area contributed by atoms with E-state index < -0.39 is 0 Å². The standard InChI is InChI=1S/C21H20N2OS/c1-2-14-3-5-15(6-4-14)17-7-8-19(23-24)21-18(17)13-20(25-21)16-9-11-22-12-10-16/h3-6,9-13,17,19H,2,7-8H2,1H3. The minimum Gasteiger partial charge on any atom is -0.265 e.